The van der Waals surface area contributed by atoms with Gasteiger partial charge in [-0.3, -0.25) is 4.90 Å². The monoisotopic (exact) mass is 260 g/mol. The molecule has 2 nitrogen and oxygen atoms in total. The summed E-state index contributed by atoms with van der Waals surface area (Å²) >= 11 is 0. The first-order valence-electron chi connectivity index (χ1n) is 7.84. The van der Waals surface area contributed by atoms with Crippen LogP contribution in [0, 0.1) is 0 Å². The van der Waals surface area contributed by atoms with Gasteiger partial charge in [-0.2, -0.15) is 0 Å². The highest BCUT2D eigenvalue weighted by molar-refractivity contribution is 5.27. The highest BCUT2D eigenvalue weighted by Gasteiger charge is 2.10. The van der Waals surface area contributed by atoms with Gasteiger partial charge in [-0.15, -0.1) is 0 Å². The zero-order valence-corrected chi connectivity index (χ0v) is 12.3. The van der Waals surface area contributed by atoms with E-state index in [2.05, 4.69) is 34.5 Å². The van der Waals surface area contributed by atoms with Crippen LogP contribution < -0.4 is 5.32 Å². The van der Waals surface area contributed by atoms with E-state index in [1.54, 1.807) is 0 Å². The topological polar surface area (TPSA) is 15.3 Å². The van der Waals surface area contributed by atoms with Gasteiger partial charge < -0.3 is 5.32 Å². The third kappa shape index (κ3) is 4.96. The fraction of sp³-hybridized carbons (Fsp3) is 0.647. The lowest BCUT2D eigenvalue weighted by molar-refractivity contribution is 0.239. The number of hydrogen-bond acceptors (Lipinski definition) is 2. The third-order valence-electron chi connectivity index (χ3n) is 4.11. The van der Waals surface area contributed by atoms with Crippen LogP contribution in [0.3, 0.4) is 0 Å². The first kappa shape index (κ1) is 14.5. The van der Waals surface area contributed by atoms with E-state index in [0.29, 0.717) is 0 Å². The maximum atomic E-state index is 3.25. The highest BCUT2D eigenvalue weighted by Crippen LogP contribution is 2.16. The molecular weight excluding hydrogens is 232 g/mol. The second-order valence-electron chi connectivity index (χ2n) is 5.67. The lowest BCUT2D eigenvalue weighted by atomic mass is 10.0. The summed E-state index contributed by atoms with van der Waals surface area (Å²) in [4.78, 5) is 2.65. The van der Waals surface area contributed by atoms with E-state index >= 15 is 0 Å². The van der Waals surface area contributed by atoms with Crippen molar-refractivity contribution in [3.63, 3.8) is 0 Å². The molecule has 106 valence electrons. The summed E-state index contributed by atoms with van der Waals surface area (Å²) < 4.78 is 0. The van der Waals surface area contributed by atoms with E-state index in [4.69, 9.17) is 0 Å². The Morgan fingerprint density at radius 1 is 0.947 bits per heavy atom. The molecule has 1 N–H and O–H groups in total. The molecule has 2 heteroatoms. The van der Waals surface area contributed by atoms with E-state index in [1.807, 2.05) is 7.05 Å². The first-order chi connectivity index (χ1) is 9.40. The molecule has 0 aliphatic carbocycles. The van der Waals surface area contributed by atoms with Crippen molar-refractivity contribution in [2.24, 2.45) is 0 Å². The number of nitrogens with zero attached hydrogens (tertiary/aromatic N) is 1. The summed E-state index contributed by atoms with van der Waals surface area (Å²) in [5.74, 6) is 0. The average molecular weight is 260 g/mol. The van der Waals surface area contributed by atoms with Crippen molar-refractivity contribution in [2.75, 3.05) is 26.7 Å². The van der Waals surface area contributed by atoms with Gasteiger partial charge >= 0.3 is 0 Å². The molecule has 0 unspecified atom stereocenters. The molecular formula is C17H28N2. The number of hydrogen-bond donors (Lipinski definition) is 1. The van der Waals surface area contributed by atoms with Crippen LogP contribution in [0.4, 0.5) is 0 Å². The molecule has 1 aromatic carbocycles. The van der Waals surface area contributed by atoms with E-state index in [1.165, 1.54) is 56.3 Å². The molecule has 1 aliphatic heterocycles. The SMILES string of the molecule is CNCCc1ccccc1CN1CCCCCCC1. The van der Waals surface area contributed by atoms with E-state index in [-0.39, 0.29) is 0 Å². The Bertz CT molecular complexity index is 354. The second kappa shape index (κ2) is 8.34. The van der Waals surface area contributed by atoms with Gasteiger partial charge in [-0.05, 0) is 57.1 Å². The number of benzene rings is 1. The molecule has 2 rings (SSSR count). The maximum Gasteiger partial charge on any atom is 0.0236 e. The van der Waals surface area contributed by atoms with Crippen molar-refractivity contribution in [2.45, 2.75) is 45.1 Å². The van der Waals surface area contributed by atoms with E-state index in [0.717, 1.165) is 19.5 Å². The summed E-state index contributed by atoms with van der Waals surface area (Å²) in [7, 11) is 2.03. The highest BCUT2D eigenvalue weighted by atomic mass is 15.1. The van der Waals surface area contributed by atoms with Gasteiger partial charge in [0.15, 0.2) is 0 Å². The summed E-state index contributed by atoms with van der Waals surface area (Å²) in [5.41, 5.74) is 3.04. The van der Waals surface area contributed by atoms with Gasteiger partial charge in [-0.25, -0.2) is 0 Å². The quantitative estimate of drug-likeness (QED) is 0.874. The minimum absolute atomic E-state index is 1.07. The first-order valence-corrected chi connectivity index (χ1v) is 7.84. The second-order valence-corrected chi connectivity index (χ2v) is 5.67. The summed E-state index contributed by atoms with van der Waals surface area (Å²) in [5, 5.41) is 3.25. The Balaban J connectivity index is 1.96. The van der Waals surface area contributed by atoms with Gasteiger partial charge in [-0.1, -0.05) is 43.5 Å². The van der Waals surface area contributed by atoms with Crippen molar-refractivity contribution in [3.05, 3.63) is 35.4 Å². The van der Waals surface area contributed by atoms with Gasteiger partial charge in [0.05, 0.1) is 0 Å². The Morgan fingerprint density at radius 2 is 1.58 bits per heavy atom. The van der Waals surface area contributed by atoms with Crippen LogP contribution in [0.2, 0.25) is 0 Å². The molecule has 0 radical (unpaired) electrons. The number of likely N-dealkylation sites (N-methyl/N-ethyl adjacent to an activating group) is 1. The molecule has 1 aromatic rings. The molecule has 1 aliphatic rings. The molecule has 0 saturated carbocycles. The van der Waals surface area contributed by atoms with Gasteiger partial charge in [0.1, 0.15) is 0 Å². The summed E-state index contributed by atoms with van der Waals surface area (Å²) in [6.45, 7) is 4.76. The van der Waals surface area contributed by atoms with Gasteiger partial charge in [0, 0.05) is 6.54 Å². The molecule has 0 aromatic heterocycles. The largest absolute Gasteiger partial charge is 0.319 e. The molecule has 1 heterocycles. The molecule has 1 saturated heterocycles. The van der Waals surface area contributed by atoms with Crippen molar-refractivity contribution < 1.29 is 0 Å². The minimum atomic E-state index is 1.07. The standard InChI is InChI=1S/C17H28N2/c1-18-12-11-16-9-5-6-10-17(16)15-19-13-7-3-2-4-8-14-19/h5-6,9-10,18H,2-4,7-8,11-15H2,1H3. The number of nitrogens with one attached hydrogen (secondary N) is 1. The van der Waals surface area contributed by atoms with Crippen molar-refractivity contribution in [3.8, 4) is 0 Å². The lowest BCUT2D eigenvalue weighted by Crippen LogP contribution is -2.27. The number of likely N-dealkylation sites (tertiary alicyclic amines) is 1. The molecule has 0 spiro atoms. The zero-order valence-electron chi connectivity index (χ0n) is 12.3. The fourth-order valence-electron chi connectivity index (χ4n) is 2.93. The average Bonchev–Trinajstić information content (AvgIpc) is 2.40. The van der Waals surface area contributed by atoms with Crippen molar-refractivity contribution in [1.82, 2.24) is 10.2 Å². The van der Waals surface area contributed by atoms with Crippen LogP contribution in [0.5, 0.6) is 0 Å². The lowest BCUT2D eigenvalue weighted by Gasteiger charge is -2.25. The fourth-order valence-corrected chi connectivity index (χ4v) is 2.93. The molecule has 19 heavy (non-hydrogen) atoms. The minimum Gasteiger partial charge on any atom is -0.319 e. The smallest absolute Gasteiger partial charge is 0.0236 e. The van der Waals surface area contributed by atoms with Crippen molar-refractivity contribution in [1.29, 1.82) is 0 Å². The van der Waals surface area contributed by atoms with Crippen LogP contribution in [0.1, 0.15) is 43.2 Å². The van der Waals surface area contributed by atoms with Crippen LogP contribution in [0.15, 0.2) is 24.3 Å². The molecule has 0 atom stereocenters. The van der Waals surface area contributed by atoms with E-state index in [9.17, 15) is 0 Å². The summed E-state index contributed by atoms with van der Waals surface area (Å²) in [6, 6.07) is 8.95. The predicted molar refractivity (Wildman–Crippen MR) is 82.4 cm³/mol. The van der Waals surface area contributed by atoms with Crippen LogP contribution in [-0.4, -0.2) is 31.6 Å². The third-order valence-corrected chi connectivity index (χ3v) is 4.11. The van der Waals surface area contributed by atoms with Crippen molar-refractivity contribution >= 4 is 0 Å². The predicted octanol–water partition coefficient (Wildman–Crippen LogP) is 3.21. The van der Waals surface area contributed by atoms with Crippen LogP contribution >= 0.6 is 0 Å². The van der Waals surface area contributed by atoms with E-state index < -0.39 is 0 Å². The molecule has 0 amide bonds. The molecule has 1 fully saturated rings. The Morgan fingerprint density at radius 3 is 2.26 bits per heavy atom. The maximum absolute atomic E-state index is 3.25. The molecule has 0 bridgehead atoms. The Labute approximate surface area is 118 Å². The van der Waals surface area contributed by atoms with Crippen LogP contribution in [0.25, 0.3) is 0 Å². The normalized spacial score (nSPS) is 17.9. The van der Waals surface area contributed by atoms with Gasteiger partial charge in [0.25, 0.3) is 0 Å². The zero-order chi connectivity index (χ0) is 13.3. The summed E-state index contributed by atoms with van der Waals surface area (Å²) in [6.07, 6.45) is 8.15. The van der Waals surface area contributed by atoms with Crippen LogP contribution in [-0.2, 0) is 13.0 Å². The Hall–Kier alpha value is -0.860. The Kier molecular flexibility index (Phi) is 6.38. The number of rotatable bonds is 5. The van der Waals surface area contributed by atoms with Gasteiger partial charge in [0.2, 0.25) is 0 Å².